The second-order valence-electron chi connectivity index (χ2n) is 6.15. The minimum atomic E-state index is -0.746. The number of halogens is 1. The number of benzene rings is 2. The van der Waals surface area contributed by atoms with Crippen molar-refractivity contribution in [3.05, 3.63) is 76.0 Å². The van der Waals surface area contributed by atoms with Gasteiger partial charge in [-0.2, -0.15) is 5.10 Å². The first kappa shape index (κ1) is 19.6. The minimum Gasteiger partial charge on any atom is -0.497 e. The van der Waals surface area contributed by atoms with E-state index in [1.54, 1.807) is 37.4 Å². The molecular formula is C21H20ClN3O3. The van der Waals surface area contributed by atoms with Crippen LogP contribution in [0, 0.1) is 0 Å². The number of carbonyl (C=O) groups excluding carboxylic acids is 1. The Hall–Kier alpha value is -3.12. The molecule has 0 saturated heterocycles. The van der Waals surface area contributed by atoms with E-state index in [0.717, 1.165) is 11.3 Å². The molecule has 0 fully saturated rings. The molecule has 1 atom stereocenters. The number of anilines is 1. The zero-order chi connectivity index (χ0) is 20.1. The molecular weight excluding hydrogens is 378 g/mol. The molecule has 144 valence electrons. The van der Waals surface area contributed by atoms with Crippen LogP contribution in [0.15, 0.2) is 65.5 Å². The first-order chi connectivity index (χ1) is 13.5. The highest BCUT2D eigenvalue weighted by molar-refractivity contribution is 6.30. The lowest BCUT2D eigenvalue weighted by atomic mass is 10.1. The molecule has 0 bridgehead atoms. The first-order valence-corrected chi connectivity index (χ1v) is 9.20. The lowest BCUT2D eigenvalue weighted by molar-refractivity contribution is -0.119. The summed E-state index contributed by atoms with van der Waals surface area (Å²) in [4.78, 5) is 25.2. The summed E-state index contributed by atoms with van der Waals surface area (Å²) in [6.07, 6.45) is 0.408. The summed E-state index contributed by atoms with van der Waals surface area (Å²) in [5.74, 6) is 0.399. The van der Waals surface area contributed by atoms with Crippen molar-refractivity contribution in [3.63, 3.8) is 0 Å². The topological polar surface area (TPSA) is 73.2 Å². The van der Waals surface area contributed by atoms with Gasteiger partial charge in [-0.1, -0.05) is 24.6 Å². The van der Waals surface area contributed by atoms with Gasteiger partial charge in [0.05, 0.1) is 12.8 Å². The lowest BCUT2D eigenvalue weighted by Crippen LogP contribution is -2.34. The molecule has 0 unspecified atom stereocenters. The number of hydrogen-bond acceptors (Lipinski definition) is 4. The fraction of sp³-hybridized carbons (Fsp3) is 0.190. The molecule has 6 nitrogen and oxygen atoms in total. The van der Waals surface area contributed by atoms with E-state index in [2.05, 4.69) is 10.4 Å². The van der Waals surface area contributed by atoms with Crippen LogP contribution in [0.3, 0.4) is 0 Å². The minimum absolute atomic E-state index is 0.328. The molecule has 0 spiro atoms. The number of ether oxygens (including phenoxy) is 1. The van der Waals surface area contributed by atoms with E-state index in [0.29, 0.717) is 22.8 Å². The van der Waals surface area contributed by atoms with Gasteiger partial charge in [-0.15, -0.1) is 0 Å². The van der Waals surface area contributed by atoms with Gasteiger partial charge in [0.2, 0.25) is 5.91 Å². The van der Waals surface area contributed by atoms with Crippen molar-refractivity contribution in [3.8, 4) is 17.0 Å². The zero-order valence-corrected chi connectivity index (χ0v) is 16.3. The third-order valence-corrected chi connectivity index (χ3v) is 4.52. The second-order valence-corrected chi connectivity index (χ2v) is 6.59. The average Bonchev–Trinajstić information content (AvgIpc) is 2.70. The van der Waals surface area contributed by atoms with Gasteiger partial charge in [0.25, 0.3) is 5.56 Å². The molecule has 1 amide bonds. The van der Waals surface area contributed by atoms with Crippen molar-refractivity contribution in [1.82, 2.24) is 9.78 Å². The van der Waals surface area contributed by atoms with Crippen LogP contribution in [0.1, 0.15) is 19.4 Å². The number of aromatic nitrogens is 2. The summed E-state index contributed by atoms with van der Waals surface area (Å²) in [5.41, 5.74) is 1.64. The summed E-state index contributed by atoms with van der Waals surface area (Å²) < 4.78 is 6.38. The van der Waals surface area contributed by atoms with Gasteiger partial charge in [0.1, 0.15) is 11.8 Å². The van der Waals surface area contributed by atoms with E-state index in [-0.39, 0.29) is 11.5 Å². The molecule has 0 radical (unpaired) electrons. The van der Waals surface area contributed by atoms with Gasteiger partial charge in [-0.3, -0.25) is 9.59 Å². The van der Waals surface area contributed by atoms with Gasteiger partial charge >= 0.3 is 0 Å². The zero-order valence-electron chi connectivity index (χ0n) is 15.6. The Balaban J connectivity index is 1.91. The molecule has 7 heteroatoms. The van der Waals surface area contributed by atoms with Crippen LogP contribution < -0.4 is 15.6 Å². The molecule has 0 aliphatic heterocycles. The number of amides is 1. The molecule has 0 saturated carbocycles. The summed E-state index contributed by atoms with van der Waals surface area (Å²) in [6, 6.07) is 16.5. The van der Waals surface area contributed by atoms with Crippen molar-refractivity contribution in [1.29, 1.82) is 0 Å². The van der Waals surface area contributed by atoms with Crippen LogP contribution in [0.4, 0.5) is 5.69 Å². The fourth-order valence-corrected chi connectivity index (χ4v) is 3.02. The molecule has 0 aliphatic carbocycles. The SMILES string of the molecule is CC[C@@H](C(=O)Nc1cccc(Cl)c1)n1nc(-c2ccc(OC)cc2)ccc1=O. The smallest absolute Gasteiger partial charge is 0.267 e. The third-order valence-electron chi connectivity index (χ3n) is 4.29. The maximum atomic E-state index is 12.8. The molecule has 1 N–H and O–H groups in total. The van der Waals surface area contributed by atoms with Crippen molar-refractivity contribution in [2.24, 2.45) is 0 Å². The predicted octanol–water partition coefficient (Wildman–Crippen LogP) is 4.16. The monoisotopic (exact) mass is 397 g/mol. The standard InChI is InChI=1S/C21H20ClN3O3/c1-3-19(21(27)23-16-6-4-5-15(22)13-16)25-20(26)12-11-18(24-25)14-7-9-17(28-2)10-8-14/h4-13,19H,3H2,1-2H3,(H,23,27)/t19-/m0/s1. The Morgan fingerprint density at radius 1 is 1.18 bits per heavy atom. The summed E-state index contributed by atoms with van der Waals surface area (Å²) in [6.45, 7) is 1.83. The molecule has 3 rings (SSSR count). The van der Waals surface area contributed by atoms with Crippen LogP contribution in [0.25, 0.3) is 11.3 Å². The van der Waals surface area contributed by atoms with Gasteiger partial charge in [0, 0.05) is 22.3 Å². The first-order valence-electron chi connectivity index (χ1n) is 8.82. The maximum Gasteiger partial charge on any atom is 0.267 e. The van der Waals surface area contributed by atoms with Crippen LogP contribution >= 0.6 is 11.6 Å². The number of nitrogens with one attached hydrogen (secondary N) is 1. The van der Waals surface area contributed by atoms with Gasteiger partial charge in [-0.25, -0.2) is 4.68 Å². The molecule has 0 aliphatic rings. The van der Waals surface area contributed by atoms with Crippen LogP contribution in [-0.2, 0) is 4.79 Å². The highest BCUT2D eigenvalue weighted by atomic mass is 35.5. The number of methoxy groups -OCH3 is 1. The number of rotatable bonds is 6. The van der Waals surface area contributed by atoms with E-state index < -0.39 is 6.04 Å². The average molecular weight is 398 g/mol. The van der Waals surface area contributed by atoms with E-state index in [9.17, 15) is 9.59 Å². The van der Waals surface area contributed by atoms with Crippen LogP contribution in [-0.4, -0.2) is 22.8 Å². The number of carbonyl (C=O) groups is 1. The Morgan fingerprint density at radius 2 is 1.93 bits per heavy atom. The predicted molar refractivity (Wildman–Crippen MR) is 110 cm³/mol. The van der Waals surface area contributed by atoms with E-state index in [1.165, 1.54) is 10.7 Å². The molecule has 1 heterocycles. The Morgan fingerprint density at radius 3 is 2.57 bits per heavy atom. The fourth-order valence-electron chi connectivity index (χ4n) is 2.83. The maximum absolute atomic E-state index is 12.8. The van der Waals surface area contributed by atoms with Crippen LogP contribution in [0.5, 0.6) is 5.75 Å². The van der Waals surface area contributed by atoms with E-state index >= 15 is 0 Å². The highest BCUT2D eigenvalue weighted by Crippen LogP contribution is 2.21. The van der Waals surface area contributed by atoms with Crippen molar-refractivity contribution < 1.29 is 9.53 Å². The third kappa shape index (κ3) is 4.40. The molecule has 2 aromatic carbocycles. The lowest BCUT2D eigenvalue weighted by Gasteiger charge is -2.17. The Kier molecular flexibility index (Phi) is 6.11. The molecule has 1 aromatic heterocycles. The van der Waals surface area contributed by atoms with Gasteiger partial charge in [0.15, 0.2) is 0 Å². The van der Waals surface area contributed by atoms with Crippen LogP contribution in [0.2, 0.25) is 5.02 Å². The van der Waals surface area contributed by atoms with Crippen molar-refractivity contribution in [2.75, 3.05) is 12.4 Å². The van der Waals surface area contributed by atoms with E-state index in [4.69, 9.17) is 16.3 Å². The Labute approximate surface area is 167 Å². The van der Waals surface area contributed by atoms with Crippen molar-refractivity contribution in [2.45, 2.75) is 19.4 Å². The summed E-state index contributed by atoms with van der Waals surface area (Å²) >= 11 is 5.97. The second kappa shape index (κ2) is 8.71. The summed E-state index contributed by atoms with van der Waals surface area (Å²) in [7, 11) is 1.60. The quantitative estimate of drug-likeness (QED) is 0.677. The van der Waals surface area contributed by atoms with Crippen molar-refractivity contribution >= 4 is 23.2 Å². The van der Waals surface area contributed by atoms with Gasteiger partial charge in [-0.05, 0) is 55.0 Å². The highest BCUT2D eigenvalue weighted by Gasteiger charge is 2.21. The number of hydrogen-bond donors (Lipinski definition) is 1. The van der Waals surface area contributed by atoms with Gasteiger partial charge < -0.3 is 10.1 Å². The summed E-state index contributed by atoms with van der Waals surface area (Å²) in [5, 5.41) is 7.74. The number of nitrogens with zero attached hydrogens (tertiary/aromatic N) is 2. The normalized spacial score (nSPS) is 11.7. The molecule has 3 aromatic rings. The molecule has 28 heavy (non-hydrogen) atoms. The Bertz CT molecular complexity index is 1030. The largest absolute Gasteiger partial charge is 0.497 e. The van der Waals surface area contributed by atoms with E-state index in [1.807, 2.05) is 31.2 Å².